The molecule has 8 nitrogen and oxygen atoms in total. The van der Waals surface area contributed by atoms with Crippen molar-refractivity contribution >= 4 is 17.7 Å². The number of aliphatic hydroxyl groups is 2. The zero-order chi connectivity index (χ0) is 30.4. The van der Waals surface area contributed by atoms with Gasteiger partial charge in [0, 0.05) is 35.8 Å². The Bertz CT molecular complexity index is 1070. The predicted molar refractivity (Wildman–Crippen MR) is 151 cm³/mol. The first-order chi connectivity index (χ1) is 18.8. The zero-order valence-corrected chi connectivity index (χ0v) is 24.0. The van der Waals surface area contributed by atoms with Gasteiger partial charge in [0.1, 0.15) is 11.6 Å². The van der Waals surface area contributed by atoms with E-state index in [9.17, 15) is 33.4 Å². The van der Waals surface area contributed by atoms with Crippen LogP contribution in [0.5, 0.6) is 0 Å². The van der Waals surface area contributed by atoms with Gasteiger partial charge >= 0.3 is 0 Å². The molecule has 0 bridgehead atoms. The van der Waals surface area contributed by atoms with Crippen molar-refractivity contribution < 1.29 is 33.4 Å². The summed E-state index contributed by atoms with van der Waals surface area (Å²) < 4.78 is 24.4. The molecule has 0 saturated carbocycles. The van der Waals surface area contributed by atoms with Crippen molar-refractivity contribution in [3.8, 4) is 0 Å². The van der Waals surface area contributed by atoms with Crippen LogP contribution in [0.1, 0.15) is 96.4 Å². The average Bonchev–Trinajstić information content (AvgIpc) is 2.89. The van der Waals surface area contributed by atoms with Crippen molar-refractivity contribution in [3.63, 3.8) is 0 Å². The Hall–Kier alpha value is -3.37. The molecule has 2 rings (SSSR count). The lowest BCUT2D eigenvalue weighted by Gasteiger charge is -2.25. The molecular formula is C30H43F2N3O5. The minimum absolute atomic E-state index is 0.0557. The van der Waals surface area contributed by atoms with E-state index in [1.54, 1.807) is 18.7 Å². The summed E-state index contributed by atoms with van der Waals surface area (Å²) in [6.07, 6.45) is 1.54. The van der Waals surface area contributed by atoms with Gasteiger partial charge in [0.2, 0.25) is 5.91 Å². The summed E-state index contributed by atoms with van der Waals surface area (Å²) in [6, 6.07) is 6.83. The Morgan fingerprint density at radius 2 is 1.40 bits per heavy atom. The molecule has 0 saturated heterocycles. The number of unbranched alkanes of at least 4 members (excludes halogenated alkanes) is 1. The van der Waals surface area contributed by atoms with E-state index < -0.39 is 41.7 Å². The van der Waals surface area contributed by atoms with E-state index >= 15 is 0 Å². The highest BCUT2D eigenvalue weighted by Gasteiger charge is 2.25. The Labute approximate surface area is 235 Å². The molecule has 0 fully saturated rings. The van der Waals surface area contributed by atoms with Gasteiger partial charge in [-0.2, -0.15) is 0 Å². The quantitative estimate of drug-likeness (QED) is 0.288. The maximum Gasteiger partial charge on any atom is 0.253 e. The SMILES string of the molecule is CCCCC(O)C(O)C(C)NC(=O)c1cc(C(N)=O)cc(C(=O)N(CCC)CCC)c1.Cc1cc(F)cc(F)c1. The van der Waals surface area contributed by atoms with Crippen molar-refractivity contribution in [2.24, 2.45) is 5.73 Å². The number of primary amides is 1. The number of amides is 3. The second-order valence-corrected chi connectivity index (χ2v) is 9.86. The smallest absolute Gasteiger partial charge is 0.253 e. The third-order valence-electron chi connectivity index (χ3n) is 6.13. The Kier molecular flexibility index (Phi) is 15.0. The van der Waals surface area contributed by atoms with E-state index in [0.717, 1.165) is 31.7 Å². The molecule has 0 aliphatic heterocycles. The minimum atomic E-state index is -1.14. The Morgan fingerprint density at radius 1 is 0.875 bits per heavy atom. The second kappa shape index (κ2) is 17.3. The molecule has 10 heteroatoms. The molecule has 222 valence electrons. The van der Waals surface area contributed by atoms with Crippen molar-refractivity contribution in [2.75, 3.05) is 13.1 Å². The predicted octanol–water partition coefficient (Wildman–Crippen LogP) is 4.35. The summed E-state index contributed by atoms with van der Waals surface area (Å²) in [4.78, 5) is 39.2. The van der Waals surface area contributed by atoms with Crippen LogP contribution < -0.4 is 11.1 Å². The van der Waals surface area contributed by atoms with Crippen LogP contribution in [0.25, 0.3) is 0 Å². The van der Waals surface area contributed by atoms with Gasteiger partial charge in [-0.3, -0.25) is 14.4 Å². The molecular weight excluding hydrogens is 520 g/mol. The van der Waals surface area contributed by atoms with Crippen LogP contribution >= 0.6 is 0 Å². The van der Waals surface area contributed by atoms with Crippen LogP contribution in [0.3, 0.4) is 0 Å². The third-order valence-corrected chi connectivity index (χ3v) is 6.13. The van der Waals surface area contributed by atoms with Gasteiger partial charge in [-0.05, 0) is 69.0 Å². The first-order valence-corrected chi connectivity index (χ1v) is 13.7. The maximum absolute atomic E-state index is 13.0. The van der Waals surface area contributed by atoms with Gasteiger partial charge in [-0.15, -0.1) is 0 Å². The summed E-state index contributed by atoms with van der Waals surface area (Å²) in [6.45, 7) is 10.3. The summed E-state index contributed by atoms with van der Waals surface area (Å²) in [5, 5.41) is 23.0. The topological polar surface area (TPSA) is 133 Å². The number of aryl methyl sites for hydroxylation is 1. The fourth-order valence-electron chi connectivity index (χ4n) is 4.05. The lowest BCUT2D eigenvalue weighted by atomic mass is 10.0. The summed E-state index contributed by atoms with van der Waals surface area (Å²) in [5.41, 5.74) is 6.37. The van der Waals surface area contributed by atoms with Crippen LogP contribution in [0.15, 0.2) is 36.4 Å². The van der Waals surface area contributed by atoms with Crippen LogP contribution in [0.4, 0.5) is 8.78 Å². The largest absolute Gasteiger partial charge is 0.390 e. The second-order valence-electron chi connectivity index (χ2n) is 9.86. The maximum atomic E-state index is 13.0. The minimum Gasteiger partial charge on any atom is -0.390 e. The summed E-state index contributed by atoms with van der Waals surface area (Å²) >= 11 is 0. The van der Waals surface area contributed by atoms with Crippen molar-refractivity contribution in [3.05, 3.63) is 70.3 Å². The van der Waals surface area contributed by atoms with E-state index in [0.29, 0.717) is 25.1 Å². The number of nitrogens with one attached hydrogen (secondary N) is 1. The molecule has 0 aromatic heterocycles. The van der Waals surface area contributed by atoms with Crippen molar-refractivity contribution in [1.82, 2.24) is 10.2 Å². The monoisotopic (exact) mass is 563 g/mol. The number of benzene rings is 2. The Balaban J connectivity index is 0.000000747. The highest BCUT2D eigenvalue weighted by molar-refractivity contribution is 6.04. The lowest BCUT2D eigenvalue weighted by Crippen LogP contribution is -2.46. The van der Waals surface area contributed by atoms with E-state index in [-0.39, 0.29) is 22.6 Å². The van der Waals surface area contributed by atoms with Gasteiger partial charge in [0.15, 0.2) is 0 Å². The van der Waals surface area contributed by atoms with Gasteiger partial charge < -0.3 is 26.2 Å². The van der Waals surface area contributed by atoms with E-state index in [1.807, 2.05) is 20.8 Å². The first-order valence-electron chi connectivity index (χ1n) is 13.7. The van der Waals surface area contributed by atoms with Crippen LogP contribution in [0.2, 0.25) is 0 Å². The molecule has 0 aliphatic carbocycles. The van der Waals surface area contributed by atoms with E-state index in [2.05, 4.69) is 5.32 Å². The number of carbonyl (C=O) groups is 3. The fourth-order valence-corrected chi connectivity index (χ4v) is 4.05. The molecule has 0 aliphatic rings. The van der Waals surface area contributed by atoms with Gasteiger partial charge in [0.05, 0.1) is 18.2 Å². The van der Waals surface area contributed by atoms with Crippen LogP contribution in [0, 0.1) is 18.6 Å². The number of rotatable bonds is 13. The third kappa shape index (κ3) is 11.4. The summed E-state index contributed by atoms with van der Waals surface area (Å²) in [5.74, 6) is -2.63. The molecule has 2 aromatic carbocycles. The van der Waals surface area contributed by atoms with Gasteiger partial charge in [-0.1, -0.05) is 33.6 Å². The molecule has 3 amide bonds. The number of carbonyl (C=O) groups excluding carboxylic acids is 3. The number of hydrogen-bond donors (Lipinski definition) is 4. The molecule has 2 aromatic rings. The number of aliphatic hydroxyl groups excluding tert-OH is 2. The molecule has 40 heavy (non-hydrogen) atoms. The highest BCUT2D eigenvalue weighted by Crippen LogP contribution is 2.15. The van der Waals surface area contributed by atoms with E-state index in [1.165, 1.54) is 30.3 Å². The standard InChI is InChI=1S/C23H37N3O5.C7H6F2/c1-5-8-9-19(27)20(28)15(4)25-22(30)17-12-16(21(24)29)13-18(14-17)23(31)26(10-6-2)11-7-3;1-5-2-6(8)4-7(9)3-5/h12-15,19-20,27-28H,5-11H2,1-4H3,(H2,24,29)(H,25,30);2-4H,1H3. The number of nitrogens with two attached hydrogens (primary N) is 1. The van der Waals surface area contributed by atoms with Crippen molar-refractivity contribution in [1.29, 1.82) is 0 Å². The average molecular weight is 564 g/mol. The molecule has 3 atom stereocenters. The number of halogens is 2. The van der Waals surface area contributed by atoms with E-state index in [4.69, 9.17) is 5.73 Å². The van der Waals surface area contributed by atoms with Crippen LogP contribution in [-0.2, 0) is 0 Å². The normalized spacial score (nSPS) is 12.9. The number of nitrogens with zero attached hydrogens (tertiary/aromatic N) is 1. The first kappa shape index (κ1) is 34.7. The highest BCUT2D eigenvalue weighted by atomic mass is 19.1. The fraction of sp³-hybridized carbons (Fsp3) is 0.500. The molecule has 0 heterocycles. The lowest BCUT2D eigenvalue weighted by molar-refractivity contribution is -0.00457. The number of hydrogen-bond acceptors (Lipinski definition) is 5. The van der Waals surface area contributed by atoms with Crippen molar-refractivity contribution in [2.45, 2.75) is 85.0 Å². The van der Waals surface area contributed by atoms with Gasteiger partial charge in [-0.25, -0.2) is 8.78 Å². The molecule has 0 spiro atoms. The Morgan fingerprint density at radius 3 is 1.88 bits per heavy atom. The van der Waals surface area contributed by atoms with Gasteiger partial charge in [0.25, 0.3) is 11.8 Å². The molecule has 3 unspecified atom stereocenters. The summed E-state index contributed by atoms with van der Waals surface area (Å²) in [7, 11) is 0. The molecule has 0 radical (unpaired) electrons. The zero-order valence-electron chi connectivity index (χ0n) is 24.0. The molecule has 5 N–H and O–H groups in total. The van der Waals surface area contributed by atoms with Crippen LogP contribution in [-0.4, -0.2) is 64.2 Å².